The highest BCUT2D eigenvalue weighted by Crippen LogP contribution is 2.28. The molecule has 1 saturated carbocycles. The number of carbonyl (C=O) groups is 1. The topological polar surface area (TPSA) is 38.8 Å². The van der Waals surface area contributed by atoms with Gasteiger partial charge in [-0.2, -0.15) is 0 Å². The molecule has 1 aliphatic carbocycles. The Morgan fingerprint density at radius 3 is 2.58 bits per heavy atom. The van der Waals surface area contributed by atoms with Crippen molar-refractivity contribution < 1.29 is 14.3 Å². The number of hydrogen-bond donors (Lipinski definition) is 0. The minimum Gasteiger partial charge on any atom is -0.493 e. The largest absolute Gasteiger partial charge is 0.493 e. The van der Waals surface area contributed by atoms with Gasteiger partial charge in [-0.1, -0.05) is 37.8 Å². The molecule has 0 saturated heterocycles. The smallest absolute Gasteiger partial charge is 0.260 e. The number of ether oxygens (including phenoxy) is 2. The van der Waals surface area contributed by atoms with Gasteiger partial charge in [0.1, 0.15) is 0 Å². The Labute approximate surface area is 145 Å². The van der Waals surface area contributed by atoms with Crippen molar-refractivity contribution in [2.45, 2.75) is 51.0 Å². The highest BCUT2D eigenvalue weighted by molar-refractivity contribution is 5.78. The maximum absolute atomic E-state index is 12.4. The molecule has 0 bridgehead atoms. The van der Waals surface area contributed by atoms with Crippen LogP contribution < -0.4 is 9.47 Å². The fraction of sp³-hybridized carbons (Fsp3) is 0.550. The SMILES string of the molecule is C=CCc1ccc(OCC(=O)N(C)C2CCCCCC2)c(OC)c1. The third-order valence-corrected chi connectivity index (χ3v) is 4.73. The highest BCUT2D eigenvalue weighted by Gasteiger charge is 2.21. The Morgan fingerprint density at radius 2 is 1.96 bits per heavy atom. The van der Waals surface area contributed by atoms with E-state index in [0.29, 0.717) is 17.5 Å². The summed E-state index contributed by atoms with van der Waals surface area (Å²) in [5.41, 5.74) is 1.11. The molecule has 24 heavy (non-hydrogen) atoms. The summed E-state index contributed by atoms with van der Waals surface area (Å²) in [6.07, 6.45) is 9.81. The van der Waals surface area contributed by atoms with Gasteiger partial charge in [0.25, 0.3) is 5.91 Å². The van der Waals surface area contributed by atoms with Gasteiger partial charge in [0, 0.05) is 13.1 Å². The van der Waals surface area contributed by atoms with Gasteiger partial charge in [-0.15, -0.1) is 6.58 Å². The number of allylic oxidation sites excluding steroid dienone is 1. The molecule has 0 atom stereocenters. The summed E-state index contributed by atoms with van der Waals surface area (Å²) in [6, 6.07) is 6.10. The first-order valence-corrected chi connectivity index (χ1v) is 8.82. The van der Waals surface area contributed by atoms with E-state index >= 15 is 0 Å². The van der Waals surface area contributed by atoms with Gasteiger partial charge in [-0.05, 0) is 37.0 Å². The van der Waals surface area contributed by atoms with Crippen molar-refractivity contribution in [3.05, 3.63) is 36.4 Å². The Bertz CT molecular complexity index is 548. The summed E-state index contributed by atoms with van der Waals surface area (Å²) < 4.78 is 11.1. The fourth-order valence-corrected chi connectivity index (χ4v) is 3.21. The van der Waals surface area contributed by atoms with E-state index in [1.165, 1.54) is 25.7 Å². The van der Waals surface area contributed by atoms with Crippen molar-refractivity contribution in [3.63, 3.8) is 0 Å². The minimum absolute atomic E-state index is 0.0270. The van der Waals surface area contributed by atoms with Crippen molar-refractivity contribution in [2.24, 2.45) is 0 Å². The van der Waals surface area contributed by atoms with Crippen LogP contribution in [0.1, 0.15) is 44.1 Å². The van der Waals surface area contributed by atoms with Crippen molar-refractivity contribution in [3.8, 4) is 11.5 Å². The lowest BCUT2D eigenvalue weighted by Crippen LogP contribution is -2.39. The summed E-state index contributed by atoms with van der Waals surface area (Å²) in [5, 5.41) is 0. The van der Waals surface area contributed by atoms with E-state index in [0.717, 1.165) is 24.8 Å². The normalized spacial score (nSPS) is 15.4. The average Bonchev–Trinajstić information content (AvgIpc) is 2.89. The molecule has 0 aromatic heterocycles. The summed E-state index contributed by atoms with van der Waals surface area (Å²) >= 11 is 0. The third-order valence-electron chi connectivity index (χ3n) is 4.73. The quantitative estimate of drug-likeness (QED) is 0.560. The Balaban J connectivity index is 1.93. The Hall–Kier alpha value is -1.97. The van der Waals surface area contributed by atoms with E-state index in [9.17, 15) is 4.79 Å². The van der Waals surface area contributed by atoms with Gasteiger partial charge in [0.2, 0.25) is 0 Å². The zero-order chi connectivity index (χ0) is 17.4. The van der Waals surface area contributed by atoms with Crippen LogP contribution in [0, 0.1) is 0 Å². The van der Waals surface area contributed by atoms with Crippen LogP contribution in [0.5, 0.6) is 11.5 Å². The lowest BCUT2D eigenvalue weighted by Gasteiger charge is -2.27. The second kappa shape index (κ2) is 9.36. The average molecular weight is 331 g/mol. The Kier molecular flexibility index (Phi) is 7.16. The predicted molar refractivity (Wildman–Crippen MR) is 96.7 cm³/mol. The van der Waals surface area contributed by atoms with Crippen LogP contribution in [0.2, 0.25) is 0 Å². The summed E-state index contributed by atoms with van der Waals surface area (Å²) in [4.78, 5) is 14.3. The molecule has 0 N–H and O–H groups in total. The van der Waals surface area contributed by atoms with Crippen molar-refractivity contribution in [1.82, 2.24) is 4.90 Å². The maximum Gasteiger partial charge on any atom is 0.260 e. The van der Waals surface area contributed by atoms with Crippen molar-refractivity contribution in [2.75, 3.05) is 20.8 Å². The number of carbonyl (C=O) groups excluding carboxylic acids is 1. The van der Waals surface area contributed by atoms with Crippen LogP contribution in [0.25, 0.3) is 0 Å². The molecule has 1 fully saturated rings. The van der Waals surface area contributed by atoms with Crippen molar-refractivity contribution in [1.29, 1.82) is 0 Å². The highest BCUT2D eigenvalue weighted by atomic mass is 16.5. The zero-order valence-electron chi connectivity index (χ0n) is 14.9. The lowest BCUT2D eigenvalue weighted by molar-refractivity contribution is -0.134. The number of hydrogen-bond acceptors (Lipinski definition) is 3. The molecular weight excluding hydrogens is 302 g/mol. The molecule has 0 unspecified atom stereocenters. The molecule has 0 aliphatic heterocycles. The molecule has 4 nitrogen and oxygen atoms in total. The molecule has 0 spiro atoms. The number of amides is 1. The van der Waals surface area contributed by atoms with Gasteiger partial charge < -0.3 is 14.4 Å². The molecule has 1 aliphatic rings. The summed E-state index contributed by atoms with van der Waals surface area (Å²) in [5.74, 6) is 1.28. The number of likely N-dealkylation sites (N-methyl/N-ethyl adjacent to an activating group) is 1. The van der Waals surface area contributed by atoms with Gasteiger partial charge in [-0.25, -0.2) is 0 Å². The molecule has 132 valence electrons. The van der Waals surface area contributed by atoms with Crippen LogP contribution in [-0.4, -0.2) is 37.6 Å². The van der Waals surface area contributed by atoms with E-state index in [1.807, 2.05) is 36.2 Å². The van der Waals surface area contributed by atoms with E-state index in [2.05, 4.69) is 6.58 Å². The predicted octanol–water partition coefficient (Wildman–Crippen LogP) is 3.98. The van der Waals surface area contributed by atoms with Gasteiger partial charge in [-0.3, -0.25) is 4.79 Å². The molecule has 0 radical (unpaired) electrons. The molecule has 1 amide bonds. The number of methoxy groups -OCH3 is 1. The van der Waals surface area contributed by atoms with Crippen LogP contribution >= 0.6 is 0 Å². The van der Waals surface area contributed by atoms with Gasteiger partial charge in [0.15, 0.2) is 18.1 Å². The molecular formula is C20H29NO3. The number of benzene rings is 1. The molecule has 4 heteroatoms. The van der Waals surface area contributed by atoms with Crippen molar-refractivity contribution >= 4 is 5.91 Å². The molecule has 0 heterocycles. The van der Waals surface area contributed by atoms with Crippen LogP contribution in [0.3, 0.4) is 0 Å². The van der Waals surface area contributed by atoms with Gasteiger partial charge in [0.05, 0.1) is 7.11 Å². The fourth-order valence-electron chi connectivity index (χ4n) is 3.21. The first-order valence-electron chi connectivity index (χ1n) is 8.82. The third kappa shape index (κ3) is 5.02. The zero-order valence-corrected chi connectivity index (χ0v) is 14.9. The van der Waals surface area contributed by atoms with Crippen LogP contribution in [0.4, 0.5) is 0 Å². The van der Waals surface area contributed by atoms with E-state index in [1.54, 1.807) is 7.11 Å². The number of nitrogens with zero attached hydrogens (tertiary/aromatic N) is 1. The first kappa shape index (κ1) is 18.4. The summed E-state index contributed by atoms with van der Waals surface area (Å²) in [6.45, 7) is 3.79. The van der Waals surface area contributed by atoms with Crippen LogP contribution in [0.15, 0.2) is 30.9 Å². The van der Waals surface area contributed by atoms with E-state index in [-0.39, 0.29) is 12.5 Å². The minimum atomic E-state index is 0.0270. The molecule has 1 aromatic rings. The summed E-state index contributed by atoms with van der Waals surface area (Å²) in [7, 11) is 3.51. The second-order valence-electron chi connectivity index (χ2n) is 6.42. The monoisotopic (exact) mass is 331 g/mol. The van der Waals surface area contributed by atoms with E-state index in [4.69, 9.17) is 9.47 Å². The van der Waals surface area contributed by atoms with Crippen LogP contribution in [-0.2, 0) is 11.2 Å². The Morgan fingerprint density at radius 1 is 1.25 bits per heavy atom. The molecule has 1 aromatic carbocycles. The maximum atomic E-state index is 12.4. The molecule has 2 rings (SSSR count). The first-order chi connectivity index (χ1) is 11.7. The number of rotatable bonds is 7. The second-order valence-corrected chi connectivity index (χ2v) is 6.42. The van der Waals surface area contributed by atoms with Gasteiger partial charge >= 0.3 is 0 Å². The lowest BCUT2D eigenvalue weighted by atomic mass is 10.1. The van der Waals surface area contributed by atoms with E-state index < -0.39 is 0 Å². The standard InChI is InChI=1S/C20H29NO3/c1-4-9-16-12-13-18(19(14-16)23-3)24-15-20(22)21(2)17-10-7-5-6-8-11-17/h4,12-14,17H,1,5-11,15H2,2-3H3.